The number of pyridine rings is 1. The zero-order valence-corrected chi connectivity index (χ0v) is 15.5. The molecule has 2 aromatic carbocycles. The molecule has 0 saturated heterocycles. The molecule has 3 rings (SSSR count). The van der Waals surface area contributed by atoms with E-state index in [2.05, 4.69) is 4.98 Å². The van der Waals surface area contributed by atoms with Crippen LogP contribution in [-0.2, 0) is 11.3 Å². The van der Waals surface area contributed by atoms with Crippen molar-refractivity contribution in [2.75, 3.05) is 13.7 Å². The fraction of sp³-hybridized carbons (Fsp3) is 0.182. The lowest BCUT2D eigenvalue weighted by Gasteiger charge is -2.18. The smallest absolute Gasteiger partial charge is 0.260 e. The molecule has 138 valence electrons. The Hall–Kier alpha value is -3.34. The molecule has 0 fully saturated rings. The number of hydrogen-bond acceptors (Lipinski definition) is 4. The number of carbonyl (C=O) groups is 1. The summed E-state index contributed by atoms with van der Waals surface area (Å²) in [5.74, 6) is 1.72. The van der Waals surface area contributed by atoms with Crippen molar-refractivity contribution in [1.82, 2.24) is 9.88 Å². The predicted molar refractivity (Wildman–Crippen MR) is 104 cm³/mol. The molecule has 5 nitrogen and oxygen atoms in total. The summed E-state index contributed by atoms with van der Waals surface area (Å²) < 4.78 is 11.2. The van der Waals surface area contributed by atoms with Crippen molar-refractivity contribution in [3.05, 3.63) is 84.1 Å². The molecule has 0 spiro atoms. The Morgan fingerprint density at radius 2 is 1.67 bits per heavy atom. The van der Waals surface area contributed by atoms with E-state index in [0.29, 0.717) is 23.9 Å². The van der Waals surface area contributed by atoms with Crippen molar-refractivity contribution in [3.8, 4) is 17.4 Å². The van der Waals surface area contributed by atoms with Crippen LogP contribution in [0.3, 0.4) is 0 Å². The van der Waals surface area contributed by atoms with Crippen molar-refractivity contribution in [2.24, 2.45) is 0 Å². The van der Waals surface area contributed by atoms with Crippen LogP contribution in [0, 0.1) is 6.92 Å². The summed E-state index contributed by atoms with van der Waals surface area (Å²) >= 11 is 0. The van der Waals surface area contributed by atoms with Crippen LogP contribution in [0.25, 0.3) is 0 Å². The van der Waals surface area contributed by atoms with Crippen molar-refractivity contribution >= 4 is 5.91 Å². The summed E-state index contributed by atoms with van der Waals surface area (Å²) in [5.41, 5.74) is 2.30. The first-order valence-corrected chi connectivity index (χ1v) is 8.72. The van der Waals surface area contributed by atoms with E-state index in [1.165, 1.54) is 5.56 Å². The number of hydrogen-bond donors (Lipinski definition) is 0. The summed E-state index contributed by atoms with van der Waals surface area (Å²) in [6, 6.07) is 20.6. The van der Waals surface area contributed by atoms with Crippen molar-refractivity contribution in [3.63, 3.8) is 0 Å². The number of nitrogens with zero attached hydrogens (tertiary/aromatic N) is 2. The van der Waals surface area contributed by atoms with Crippen molar-refractivity contribution < 1.29 is 14.3 Å². The van der Waals surface area contributed by atoms with Crippen LogP contribution < -0.4 is 9.47 Å². The minimum absolute atomic E-state index is 0.0111. The molecule has 0 unspecified atom stereocenters. The van der Waals surface area contributed by atoms with E-state index in [4.69, 9.17) is 9.47 Å². The Morgan fingerprint density at radius 1 is 0.963 bits per heavy atom. The molecule has 0 saturated carbocycles. The maximum atomic E-state index is 12.3. The number of likely N-dealkylation sites (N-methyl/N-ethyl adjacent to an activating group) is 1. The van der Waals surface area contributed by atoms with Gasteiger partial charge in [0.15, 0.2) is 6.61 Å². The SMILES string of the molecule is Cc1ccccc1CN(C)C(=O)COc1ccc(Oc2ccccn2)cc1. The molecular formula is C22H22N2O3. The molecule has 1 heterocycles. The normalized spacial score (nSPS) is 10.3. The fourth-order valence-corrected chi connectivity index (χ4v) is 2.52. The number of amides is 1. The molecule has 0 N–H and O–H groups in total. The van der Waals surface area contributed by atoms with Gasteiger partial charge in [0.1, 0.15) is 11.5 Å². The van der Waals surface area contributed by atoms with Gasteiger partial charge in [0, 0.05) is 25.9 Å². The van der Waals surface area contributed by atoms with Crippen LogP contribution >= 0.6 is 0 Å². The molecule has 1 aromatic heterocycles. The molecule has 27 heavy (non-hydrogen) atoms. The van der Waals surface area contributed by atoms with Gasteiger partial charge in [0.2, 0.25) is 5.88 Å². The first-order valence-electron chi connectivity index (χ1n) is 8.72. The Morgan fingerprint density at radius 3 is 2.37 bits per heavy atom. The van der Waals surface area contributed by atoms with Gasteiger partial charge in [-0.1, -0.05) is 30.3 Å². The molecule has 0 radical (unpaired) electrons. The average molecular weight is 362 g/mol. The van der Waals surface area contributed by atoms with Gasteiger partial charge >= 0.3 is 0 Å². The first kappa shape index (κ1) is 18.5. The van der Waals surface area contributed by atoms with Gasteiger partial charge < -0.3 is 14.4 Å². The van der Waals surface area contributed by atoms with Crippen molar-refractivity contribution in [1.29, 1.82) is 0 Å². The van der Waals surface area contributed by atoms with E-state index in [-0.39, 0.29) is 12.5 Å². The minimum Gasteiger partial charge on any atom is -0.484 e. The number of benzene rings is 2. The number of ether oxygens (including phenoxy) is 2. The highest BCUT2D eigenvalue weighted by atomic mass is 16.5. The van der Waals surface area contributed by atoms with E-state index >= 15 is 0 Å². The third-order valence-electron chi connectivity index (χ3n) is 4.14. The maximum absolute atomic E-state index is 12.3. The summed E-state index contributed by atoms with van der Waals surface area (Å²) in [7, 11) is 1.78. The lowest BCUT2D eigenvalue weighted by atomic mass is 10.1. The van der Waals surface area contributed by atoms with Gasteiger partial charge in [-0.15, -0.1) is 0 Å². The van der Waals surface area contributed by atoms with Crippen LogP contribution in [-0.4, -0.2) is 29.4 Å². The molecule has 0 aliphatic rings. The van der Waals surface area contributed by atoms with Gasteiger partial charge in [0.05, 0.1) is 0 Å². The second kappa shape index (κ2) is 8.85. The fourth-order valence-electron chi connectivity index (χ4n) is 2.52. The third-order valence-corrected chi connectivity index (χ3v) is 4.14. The average Bonchev–Trinajstić information content (AvgIpc) is 2.69. The van der Waals surface area contributed by atoms with Gasteiger partial charge in [-0.05, 0) is 48.4 Å². The topological polar surface area (TPSA) is 51.7 Å². The number of aryl methyl sites for hydroxylation is 1. The zero-order valence-electron chi connectivity index (χ0n) is 15.5. The summed E-state index contributed by atoms with van der Waals surface area (Å²) in [5, 5.41) is 0. The molecular weight excluding hydrogens is 340 g/mol. The highest BCUT2D eigenvalue weighted by Gasteiger charge is 2.11. The van der Waals surface area contributed by atoms with Crippen LogP contribution in [0.2, 0.25) is 0 Å². The Bertz CT molecular complexity index is 880. The van der Waals surface area contributed by atoms with Crippen LogP contribution in [0.1, 0.15) is 11.1 Å². The Balaban J connectivity index is 1.50. The van der Waals surface area contributed by atoms with E-state index in [1.54, 1.807) is 48.5 Å². The largest absolute Gasteiger partial charge is 0.484 e. The zero-order chi connectivity index (χ0) is 19.1. The maximum Gasteiger partial charge on any atom is 0.260 e. The highest BCUT2D eigenvalue weighted by Crippen LogP contribution is 2.22. The second-order valence-electron chi connectivity index (χ2n) is 6.21. The highest BCUT2D eigenvalue weighted by molar-refractivity contribution is 5.77. The first-order chi connectivity index (χ1) is 13.1. The minimum atomic E-state index is -0.0768. The number of aromatic nitrogens is 1. The van der Waals surface area contributed by atoms with Crippen LogP contribution in [0.5, 0.6) is 17.4 Å². The van der Waals surface area contributed by atoms with Gasteiger partial charge in [-0.2, -0.15) is 0 Å². The summed E-state index contributed by atoms with van der Waals surface area (Å²) in [6.07, 6.45) is 1.67. The Kier molecular flexibility index (Phi) is 6.05. The molecule has 0 bridgehead atoms. The summed E-state index contributed by atoms with van der Waals surface area (Å²) in [6.45, 7) is 2.59. The standard InChI is InChI=1S/C22H22N2O3/c1-17-7-3-4-8-18(17)15-24(2)22(25)16-26-19-10-12-20(13-11-19)27-21-9-5-6-14-23-21/h3-14H,15-16H2,1-2H3. The van der Waals surface area contributed by atoms with E-state index < -0.39 is 0 Å². The molecule has 3 aromatic rings. The van der Waals surface area contributed by atoms with Gasteiger partial charge in [-0.25, -0.2) is 4.98 Å². The quantitative estimate of drug-likeness (QED) is 0.631. The lowest BCUT2D eigenvalue weighted by Crippen LogP contribution is -2.31. The van der Waals surface area contributed by atoms with E-state index in [0.717, 1.165) is 5.56 Å². The third kappa shape index (κ3) is 5.31. The lowest BCUT2D eigenvalue weighted by molar-refractivity contribution is -0.132. The number of carbonyl (C=O) groups excluding carboxylic acids is 1. The molecule has 0 aliphatic carbocycles. The predicted octanol–water partition coefficient (Wildman–Crippen LogP) is 4.22. The monoisotopic (exact) mass is 362 g/mol. The van der Waals surface area contributed by atoms with E-state index in [1.807, 2.05) is 43.3 Å². The number of rotatable bonds is 7. The molecule has 1 amide bonds. The van der Waals surface area contributed by atoms with Crippen LogP contribution in [0.4, 0.5) is 0 Å². The molecule has 0 atom stereocenters. The molecule has 5 heteroatoms. The van der Waals surface area contributed by atoms with Gasteiger partial charge in [0.25, 0.3) is 5.91 Å². The molecule has 0 aliphatic heterocycles. The van der Waals surface area contributed by atoms with E-state index in [9.17, 15) is 4.79 Å². The summed E-state index contributed by atoms with van der Waals surface area (Å²) in [4.78, 5) is 18.1. The van der Waals surface area contributed by atoms with Crippen molar-refractivity contribution in [2.45, 2.75) is 13.5 Å². The van der Waals surface area contributed by atoms with Gasteiger partial charge in [-0.3, -0.25) is 4.79 Å². The second-order valence-corrected chi connectivity index (χ2v) is 6.21. The Labute approximate surface area is 159 Å². The van der Waals surface area contributed by atoms with Crippen LogP contribution in [0.15, 0.2) is 72.9 Å².